The maximum atomic E-state index is 13.1. The van der Waals surface area contributed by atoms with Gasteiger partial charge >= 0.3 is 0 Å². The van der Waals surface area contributed by atoms with Gasteiger partial charge in [0.1, 0.15) is 17.6 Å². The zero-order valence-electron chi connectivity index (χ0n) is 17.9. The van der Waals surface area contributed by atoms with Crippen LogP contribution >= 0.6 is 0 Å². The molecule has 2 aliphatic heterocycles. The first kappa shape index (κ1) is 25.0. The van der Waals surface area contributed by atoms with Gasteiger partial charge in [-0.2, -0.15) is 4.31 Å². The van der Waals surface area contributed by atoms with Crippen LogP contribution in [0.4, 0.5) is 10.1 Å². The number of nitrogens with one attached hydrogen (secondary N) is 1. The lowest BCUT2D eigenvalue weighted by molar-refractivity contribution is -0.787. The summed E-state index contributed by atoms with van der Waals surface area (Å²) in [6, 6.07) is 4.87. The Kier molecular flexibility index (Phi) is 7.89. The first-order valence-electron chi connectivity index (χ1n) is 10.4. The molecule has 2 fully saturated rings. The number of nitrogens with zero attached hydrogens (tertiary/aromatic N) is 3. The highest BCUT2D eigenvalue weighted by Crippen LogP contribution is 2.23. The van der Waals surface area contributed by atoms with Crippen LogP contribution in [0.2, 0.25) is 0 Å². The number of carbonyl (C=O) groups excluding carboxylic acids is 1. The number of anilines is 1. The quantitative estimate of drug-likeness (QED) is 0.359. The summed E-state index contributed by atoms with van der Waals surface area (Å²) in [7, 11) is -7.33. The van der Waals surface area contributed by atoms with E-state index in [0.717, 1.165) is 11.9 Å². The van der Waals surface area contributed by atoms with Gasteiger partial charge in [-0.1, -0.05) is 0 Å². The van der Waals surface area contributed by atoms with E-state index >= 15 is 0 Å². The van der Waals surface area contributed by atoms with E-state index in [1.54, 1.807) is 12.1 Å². The topological polar surface area (TPSA) is 123 Å². The molecule has 1 N–H and O–H groups in total. The number of piperidine rings is 1. The first-order valence-corrected chi connectivity index (χ1v) is 13.9. The van der Waals surface area contributed by atoms with E-state index in [1.807, 2.05) is 4.90 Å². The average Bonchev–Trinajstić information content (AvgIpc) is 2.77. The number of halogens is 1. The minimum absolute atomic E-state index is 0.0247. The van der Waals surface area contributed by atoms with Crippen molar-refractivity contribution in [2.75, 3.05) is 56.2 Å². The van der Waals surface area contributed by atoms with E-state index in [9.17, 15) is 31.2 Å². The molecule has 0 aromatic heterocycles. The van der Waals surface area contributed by atoms with Gasteiger partial charge in [0.15, 0.2) is 0 Å². The lowest BCUT2D eigenvalue weighted by atomic mass is 9.92. The summed E-state index contributed by atoms with van der Waals surface area (Å²) in [5.74, 6) is -1.41. The number of quaternary nitrogens is 1. The lowest BCUT2D eigenvalue weighted by Gasteiger charge is -2.40. The minimum atomic E-state index is -3.85. The van der Waals surface area contributed by atoms with E-state index < -0.39 is 42.8 Å². The molecule has 2 aliphatic rings. The molecule has 10 nitrogen and oxygen atoms in total. The van der Waals surface area contributed by atoms with Gasteiger partial charge in [-0.15, -0.1) is 0 Å². The molecule has 0 aliphatic carbocycles. The predicted octanol–water partition coefficient (Wildman–Crippen LogP) is -1.14. The number of sulfonamides is 2. The number of hydroxylamine groups is 2. The second kappa shape index (κ2) is 10.1. The first-order chi connectivity index (χ1) is 15.0. The third-order valence-electron chi connectivity index (χ3n) is 6.15. The Labute approximate surface area is 188 Å². The number of rotatable bonds is 8. The van der Waals surface area contributed by atoms with Crippen molar-refractivity contribution in [3.63, 3.8) is 0 Å². The van der Waals surface area contributed by atoms with Crippen molar-refractivity contribution >= 4 is 32.1 Å². The Morgan fingerprint density at radius 2 is 1.72 bits per heavy atom. The molecule has 0 saturated carbocycles. The van der Waals surface area contributed by atoms with E-state index in [-0.39, 0.29) is 31.9 Å². The van der Waals surface area contributed by atoms with Crippen LogP contribution < -0.4 is 9.96 Å². The summed E-state index contributed by atoms with van der Waals surface area (Å²) in [6.07, 6.45) is 2.18. The fraction of sp³-hybridized carbons (Fsp3) is 0.632. The van der Waals surface area contributed by atoms with Crippen molar-refractivity contribution in [3.8, 4) is 0 Å². The Bertz CT molecular complexity index is 997. The standard InChI is InChI=1S/C19H29FN4O6S2/c1-31(27,28)23-8-2-3-16(13-23)19(24(26)15-25)14-32(29,30)22-11-9-21(10-12-22)18-6-4-17(20)5-7-18/h4-7,15-16,19,24H,2-3,8-14H2,1H3. The Balaban J connectivity index is 1.68. The predicted molar refractivity (Wildman–Crippen MR) is 117 cm³/mol. The summed E-state index contributed by atoms with van der Waals surface area (Å²) in [4.78, 5) is 13.2. The van der Waals surface area contributed by atoms with Gasteiger partial charge in [0.05, 0.1) is 6.26 Å². The van der Waals surface area contributed by atoms with Gasteiger partial charge in [-0.25, -0.2) is 30.3 Å². The van der Waals surface area contributed by atoms with Gasteiger partial charge in [-0.3, -0.25) is 0 Å². The summed E-state index contributed by atoms with van der Waals surface area (Å²) < 4.78 is 65.7. The van der Waals surface area contributed by atoms with Crippen molar-refractivity contribution in [2.45, 2.75) is 18.9 Å². The largest absolute Gasteiger partial charge is 0.627 e. The molecular formula is C19H29FN4O6S2. The summed E-state index contributed by atoms with van der Waals surface area (Å²) in [6.45, 7) is 1.54. The molecule has 3 atom stereocenters. The molecule has 0 spiro atoms. The number of benzene rings is 1. The monoisotopic (exact) mass is 492 g/mol. The van der Waals surface area contributed by atoms with Gasteiger partial charge in [0, 0.05) is 50.9 Å². The van der Waals surface area contributed by atoms with Crippen molar-refractivity contribution in [1.29, 1.82) is 0 Å². The highest BCUT2D eigenvalue weighted by molar-refractivity contribution is 7.89. The van der Waals surface area contributed by atoms with Crippen molar-refractivity contribution in [1.82, 2.24) is 8.61 Å². The SMILES string of the molecule is CS(=O)(=O)N1CCCC(C(CS(=O)(=O)N2CCN(c3ccc(F)cc3)CC2)[NH+]([O-])C=O)C1. The third kappa shape index (κ3) is 6.02. The van der Waals surface area contributed by atoms with Gasteiger partial charge < -0.3 is 15.2 Å². The zero-order chi connectivity index (χ0) is 23.5. The third-order valence-corrected chi connectivity index (χ3v) is 9.36. The van der Waals surface area contributed by atoms with Crippen LogP contribution in [0.15, 0.2) is 24.3 Å². The second-order valence-corrected chi connectivity index (χ2v) is 12.3. The van der Waals surface area contributed by atoms with Crippen LogP contribution in [0.25, 0.3) is 0 Å². The number of hydrogen-bond donors (Lipinski definition) is 1. The van der Waals surface area contributed by atoms with Gasteiger partial charge in [0.25, 0.3) is 6.41 Å². The van der Waals surface area contributed by atoms with E-state index in [2.05, 4.69) is 0 Å². The Morgan fingerprint density at radius 1 is 1.09 bits per heavy atom. The normalized spacial score (nSPS) is 23.6. The van der Waals surface area contributed by atoms with Crippen LogP contribution in [0, 0.1) is 16.9 Å². The molecule has 32 heavy (non-hydrogen) atoms. The van der Waals surface area contributed by atoms with Crippen molar-refractivity contribution in [3.05, 3.63) is 35.3 Å². The van der Waals surface area contributed by atoms with Crippen LogP contribution in [0.5, 0.6) is 0 Å². The molecule has 0 radical (unpaired) electrons. The highest BCUT2D eigenvalue weighted by Gasteiger charge is 2.39. The molecule has 180 valence electrons. The van der Waals surface area contributed by atoms with Crippen LogP contribution in [-0.4, -0.2) is 89.2 Å². The minimum Gasteiger partial charge on any atom is -0.627 e. The van der Waals surface area contributed by atoms with Crippen molar-refractivity contribution in [2.24, 2.45) is 5.92 Å². The molecule has 2 saturated heterocycles. The number of hydrogen-bond acceptors (Lipinski definition) is 7. The molecule has 1 amide bonds. The maximum Gasteiger partial charge on any atom is 0.300 e. The lowest BCUT2D eigenvalue weighted by Crippen LogP contribution is -3.12. The van der Waals surface area contributed by atoms with E-state index in [0.29, 0.717) is 32.5 Å². The molecule has 2 heterocycles. The van der Waals surface area contributed by atoms with E-state index in [1.165, 1.54) is 20.7 Å². The van der Waals surface area contributed by atoms with Crippen LogP contribution in [0.3, 0.4) is 0 Å². The summed E-state index contributed by atoms with van der Waals surface area (Å²) >= 11 is 0. The number of amides is 1. The second-order valence-electron chi connectivity index (χ2n) is 8.29. The smallest absolute Gasteiger partial charge is 0.300 e. The number of carbonyl (C=O) groups is 1. The summed E-state index contributed by atoms with van der Waals surface area (Å²) in [5, 5.41) is 11.5. The number of piperazine rings is 1. The maximum absolute atomic E-state index is 13.1. The average molecular weight is 493 g/mol. The van der Waals surface area contributed by atoms with Gasteiger partial charge in [-0.05, 0) is 37.1 Å². The molecule has 3 unspecified atom stereocenters. The van der Waals surface area contributed by atoms with Crippen molar-refractivity contribution < 1.29 is 31.1 Å². The molecule has 3 rings (SSSR count). The molecule has 1 aromatic rings. The van der Waals surface area contributed by atoms with E-state index in [4.69, 9.17) is 0 Å². The molecular weight excluding hydrogens is 463 g/mol. The fourth-order valence-corrected chi connectivity index (χ4v) is 7.09. The fourth-order valence-electron chi connectivity index (χ4n) is 4.35. The van der Waals surface area contributed by atoms with Crippen LogP contribution in [-0.2, 0) is 24.8 Å². The molecule has 0 bridgehead atoms. The molecule has 1 aromatic carbocycles. The highest BCUT2D eigenvalue weighted by atomic mass is 32.2. The zero-order valence-corrected chi connectivity index (χ0v) is 19.5. The summed E-state index contributed by atoms with van der Waals surface area (Å²) in [5.41, 5.74) is 0.792. The van der Waals surface area contributed by atoms with Crippen LogP contribution in [0.1, 0.15) is 12.8 Å². The molecule has 13 heteroatoms. The Morgan fingerprint density at radius 3 is 2.28 bits per heavy atom. The Hall–Kier alpha value is -1.64. The van der Waals surface area contributed by atoms with Gasteiger partial charge in [0.2, 0.25) is 20.0 Å².